The molecule has 1 aliphatic rings. The molecule has 3 heterocycles. The lowest BCUT2D eigenvalue weighted by molar-refractivity contribution is -0.149. The fourth-order valence-corrected chi connectivity index (χ4v) is 3.86. The molecule has 8 heteroatoms. The Labute approximate surface area is 150 Å². The lowest BCUT2D eigenvalue weighted by Gasteiger charge is -2.33. The molecule has 0 N–H and O–H groups in total. The molecular formula is C17H20N4O3S. The van der Waals surface area contributed by atoms with E-state index < -0.39 is 6.04 Å². The van der Waals surface area contributed by atoms with Gasteiger partial charge in [-0.25, -0.2) is 19.7 Å². The second kappa shape index (κ2) is 7.69. The lowest BCUT2D eigenvalue weighted by atomic mass is 10.0. The van der Waals surface area contributed by atoms with Gasteiger partial charge in [0.2, 0.25) is 0 Å². The smallest absolute Gasteiger partial charge is 0.328 e. The van der Waals surface area contributed by atoms with E-state index in [2.05, 4.69) is 15.0 Å². The van der Waals surface area contributed by atoms with Crippen LogP contribution in [0, 0.1) is 6.92 Å². The maximum Gasteiger partial charge on any atom is 0.328 e. The molecule has 0 radical (unpaired) electrons. The van der Waals surface area contributed by atoms with E-state index in [0.717, 1.165) is 12.8 Å². The highest BCUT2D eigenvalue weighted by Gasteiger charge is 2.35. The lowest BCUT2D eigenvalue weighted by Crippen LogP contribution is -2.48. The molecule has 2 aromatic rings. The number of hydrogen-bond donors (Lipinski definition) is 0. The molecule has 132 valence electrons. The number of carbonyl (C=O) groups is 2. The Balaban J connectivity index is 1.86. The molecule has 0 saturated carbocycles. The monoisotopic (exact) mass is 360 g/mol. The van der Waals surface area contributed by atoms with Crippen LogP contribution in [-0.2, 0) is 9.53 Å². The molecule has 0 aromatic carbocycles. The molecule has 1 atom stereocenters. The van der Waals surface area contributed by atoms with Crippen LogP contribution in [0.25, 0.3) is 10.8 Å². The minimum absolute atomic E-state index is 0.171. The molecule has 0 spiro atoms. The molecule has 1 amide bonds. The van der Waals surface area contributed by atoms with Crippen molar-refractivity contribution in [2.24, 2.45) is 0 Å². The van der Waals surface area contributed by atoms with Crippen LogP contribution >= 0.6 is 11.3 Å². The van der Waals surface area contributed by atoms with Gasteiger partial charge in [0.25, 0.3) is 5.91 Å². The normalized spacial score (nSPS) is 17.4. The van der Waals surface area contributed by atoms with Crippen molar-refractivity contribution in [2.75, 3.05) is 13.2 Å². The molecule has 3 rings (SSSR count). The van der Waals surface area contributed by atoms with Crippen LogP contribution in [0.2, 0.25) is 0 Å². The predicted octanol–water partition coefficient (Wildman–Crippen LogP) is 2.47. The summed E-state index contributed by atoms with van der Waals surface area (Å²) in [5.41, 5.74) is 0.630. The number of nitrogens with zero attached hydrogens (tertiary/aromatic N) is 4. The van der Waals surface area contributed by atoms with Crippen LogP contribution < -0.4 is 0 Å². The van der Waals surface area contributed by atoms with Gasteiger partial charge in [0.15, 0.2) is 10.8 Å². The zero-order chi connectivity index (χ0) is 17.8. The van der Waals surface area contributed by atoms with Crippen LogP contribution in [0.4, 0.5) is 0 Å². The zero-order valence-electron chi connectivity index (χ0n) is 14.3. The quantitative estimate of drug-likeness (QED) is 0.779. The van der Waals surface area contributed by atoms with Crippen molar-refractivity contribution in [3.8, 4) is 10.8 Å². The number of ether oxygens (including phenoxy) is 1. The number of hydrogen-bond acceptors (Lipinski definition) is 7. The number of esters is 1. The summed E-state index contributed by atoms with van der Waals surface area (Å²) in [5, 5.41) is 0.603. The summed E-state index contributed by atoms with van der Waals surface area (Å²) in [6, 6.07) is 1.22. The van der Waals surface area contributed by atoms with Gasteiger partial charge in [-0.3, -0.25) is 4.79 Å². The number of amides is 1. The topological polar surface area (TPSA) is 85.3 Å². The number of likely N-dealkylation sites (tertiary alicyclic amines) is 1. The highest BCUT2D eigenvalue weighted by atomic mass is 32.1. The van der Waals surface area contributed by atoms with Crippen molar-refractivity contribution in [1.82, 2.24) is 19.9 Å². The molecular weight excluding hydrogens is 340 g/mol. The molecule has 1 fully saturated rings. The molecule has 1 aliphatic heterocycles. The molecule has 2 aromatic heterocycles. The van der Waals surface area contributed by atoms with E-state index in [9.17, 15) is 9.59 Å². The summed E-state index contributed by atoms with van der Waals surface area (Å²) in [5.74, 6) is -0.00509. The predicted molar refractivity (Wildman–Crippen MR) is 93.2 cm³/mol. The standard InChI is InChI=1S/C17H20N4O3S/c1-3-24-17(23)12-7-4-5-10-21(12)16(22)13-11(2)20-15(25-13)14-18-8-6-9-19-14/h6,8-9,12H,3-5,7,10H2,1-2H3. The summed E-state index contributed by atoms with van der Waals surface area (Å²) >= 11 is 1.26. The van der Waals surface area contributed by atoms with Crippen LogP contribution in [-0.4, -0.2) is 50.9 Å². The minimum Gasteiger partial charge on any atom is -0.464 e. The minimum atomic E-state index is -0.515. The summed E-state index contributed by atoms with van der Waals surface area (Å²) in [6.07, 6.45) is 5.72. The molecule has 1 saturated heterocycles. The molecule has 0 bridgehead atoms. The van der Waals surface area contributed by atoms with E-state index in [1.807, 2.05) is 0 Å². The highest BCUT2D eigenvalue weighted by molar-refractivity contribution is 7.17. The Bertz CT molecular complexity index is 763. The number of piperidine rings is 1. The first-order valence-corrected chi connectivity index (χ1v) is 9.16. The number of carbonyl (C=O) groups excluding carboxylic acids is 2. The van der Waals surface area contributed by atoms with E-state index in [0.29, 0.717) is 41.0 Å². The number of aromatic nitrogens is 3. The molecule has 25 heavy (non-hydrogen) atoms. The average molecular weight is 360 g/mol. The fraction of sp³-hybridized carbons (Fsp3) is 0.471. The second-order valence-electron chi connectivity index (χ2n) is 5.77. The molecule has 1 unspecified atom stereocenters. The van der Waals surface area contributed by atoms with E-state index in [-0.39, 0.29) is 11.9 Å². The highest BCUT2D eigenvalue weighted by Crippen LogP contribution is 2.29. The molecule has 0 aliphatic carbocycles. The number of rotatable bonds is 4. The first-order chi connectivity index (χ1) is 12.1. The fourth-order valence-electron chi connectivity index (χ4n) is 2.89. The SMILES string of the molecule is CCOC(=O)C1CCCCN1C(=O)c1sc(-c2ncccn2)nc1C. The van der Waals surface area contributed by atoms with E-state index >= 15 is 0 Å². The van der Waals surface area contributed by atoms with E-state index in [4.69, 9.17) is 4.74 Å². The van der Waals surface area contributed by atoms with Crippen LogP contribution in [0.5, 0.6) is 0 Å². The maximum atomic E-state index is 13.0. The second-order valence-corrected chi connectivity index (χ2v) is 6.77. The summed E-state index contributed by atoms with van der Waals surface area (Å²) < 4.78 is 5.14. The number of aryl methyl sites for hydroxylation is 1. The Morgan fingerprint density at radius 1 is 1.32 bits per heavy atom. The summed E-state index contributed by atoms with van der Waals surface area (Å²) in [7, 11) is 0. The van der Waals surface area contributed by atoms with Gasteiger partial charge in [-0.1, -0.05) is 0 Å². The van der Waals surface area contributed by atoms with Crippen LogP contribution in [0.1, 0.15) is 41.6 Å². The van der Waals surface area contributed by atoms with Gasteiger partial charge in [-0.15, -0.1) is 11.3 Å². The summed E-state index contributed by atoms with van der Waals surface area (Å²) in [4.78, 5) is 40.2. The van der Waals surface area contributed by atoms with Crippen molar-refractivity contribution < 1.29 is 14.3 Å². The van der Waals surface area contributed by atoms with Crippen molar-refractivity contribution in [1.29, 1.82) is 0 Å². The van der Waals surface area contributed by atoms with Gasteiger partial charge < -0.3 is 9.64 Å². The number of thiazole rings is 1. The first kappa shape index (κ1) is 17.5. The van der Waals surface area contributed by atoms with Crippen molar-refractivity contribution in [2.45, 2.75) is 39.2 Å². The van der Waals surface area contributed by atoms with Crippen molar-refractivity contribution >= 4 is 23.2 Å². The largest absolute Gasteiger partial charge is 0.464 e. The zero-order valence-corrected chi connectivity index (χ0v) is 15.1. The van der Waals surface area contributed by atoms with Crippen LogP contribution in [0.3, 0.4) is 0 Å². The summed E-state index contributed by atoms with van der Waals surface area (Å²) in [6.45, 7) is 4.43. The third-order valence-electron chi connectivity index (χ3n) is 4.07. The van der Waals surface area contributed by atoms with Gasteiger partial charge >= 0.3 is 5.97 Å². The maximum absolute atomic E-state index is 13.0. The molecule has 7 nitrogen and oxygen atoms in total. The Morgan fingerprint density at radius 3 is 2.80 bits per heavy atom. The van der Waals surface area contributed by atoms with Crippen molar-refractivity contribution in [3.05, 3.63) is 29.0 Å². The first-order valence-electron chi connectivity index (χ1n) is 8.34. The van der Waals surface area contributed by atoms with Gasteiger partial charge in [-0.2, -0.15) is 0 Å². The van der Waals surface area contributed by atoms with E-state index in [1.54, 1.807) is 37.2 Å². The van der Waals surface area contributed by atoms with Crippen molar-refractivity contribution in [3.63, 3.8) is 0 Å². The third-order valence-corrected chi connectivity index (χ3v) is 5.21. The Morgan fingerprint density at radius 2 is 2.08 bits per heavy atom. The van der Waals surface area contributed by atoms with Gasteiger partial charge in [0.05, 0.1) is 12.3 Å². The van der Waals surface area contributed by atoms with Gasteiger partial charge in [0, 0.05) is 18.9 Å². The Hall–Kier alpha value is -2.35. The van der Waals surface area contributed by atoms with Gasteiger partial charge in [-0.05, 0) is 39.2 Å². The van der Waals surface area contributed by atoms with Gasteiger partial charge in [0.1, 0.15) is 10.9 Å². The van der Waals surface area contributed by atoms with E-state index in [1.165, 1.54) is 11.3 Å². The van der Waals surface area contributed by atoms with Crippen LogP contribution in [0.15, 0.2) is 18.5 Å². The Kier molecular flexibility index (Phi) is 5.37. The third kappa shape index (κ3) is 3.68. The average Bonchev–Trinajstić information content (AvgIpc) is 3.04.